The van der Waals surface area contributed by atoms with Gasteiger partial charge in [0.2, 0.25) is 5.91 Å². The van der Waals surface area contributed by atoms with Crippen LogP contribution in [0.1, 0.15) is 26.2 Å². The molecule has 8 nitrogen and oxygen atoms in total. The summed E-state index contributed by atoms with van der Waals surface area (Å²) in [5.74, 6) is -1.87. The number of amides is 4. The number of likely N-dealkylation sites (tertiary alicyclic amines) is 1. The predicted octanol–water partition coefficient (Wildman–Crippen LogP) is -0.360. The highest BCUT2D eigenvalue weighted by atomic mass is 16.4. The number of hydrogen-bond donors (Lipinski definition) is 2. The zero-order valence-corrected chi connectivity index (χ0v) is 11.6. The summed E-state index contributed by atoms with van der Waals surface area (Å²) in [5, 5.41) is 11.2. The Balaban J connectivity index is 2.65. The average molecular weight is 285 g/mol. The summed E-state index contributed by atoms with van der Waals surface area (Å²) in [4.78, 5) is 47.9. The van der Waals surface area contributed by atoms with E-state index in [1.165, 1.54) is 7.05 Å². The lowest BCUT2D eigenvalue weighted by Crippen LogP contribution is -2.56. The van der Waals surface area contributed by atoms with Crippen LogP contribution in [0.3, 0.4) is 0 Å². The number of nitrogens with zero attached hydrogens (tertiary/aromatic N) is 2. The van der Waals surface area contributed by atoms with Crippen molar-refractivity contribution < 1.29 is 24.3 Å². The van der Waals surface area contributed by atoms with E-state index in [0.29, 0.717) is 6.42 Å². The molecule has 1 aliphatic heterocycles. The first-order valence-corrected chi connectivity index (χ1v) is 6.44. The third kappa shape index (κ3) is 3.94. The Hall–Kier alpha value is -2.12. The van der Waals surface area contributed by atoms with Crippen LogP contribution in [0.5, 0.6) is 0 Å². The summed E-state index contributed by atoms with van der Waals surface area (Å²) in [6.07, 6.45) is 1.03. The van der Waals surface area contributed by atoms with Gasteiger partial charge in [0, 0.05) is 20.0 Å². The van der Waals surface area contributed by atoms with Crippen molar-refractivity contribution in [2.24, 2.45) is 0 Å². The minimum atomic E-state index is -1.11. The summed E-state index contributed by atoms with van der Waals surface area (Å²) in [6, 6.07) is -1.38. The third-order valence-corrected chi connectivity index (χ3v) is 3.05. The summed E-state index contributed by atoms with van der Waals surface area (Å²) >= 11 is 0. The van der Waals surface area contributed by atoms with Crippen molar-refractivity contribution in [1.29, 1.82) is 0 Å². The topological polar surface area (TPSA) is 107 Å². The second-order valence-electron chi connectivity index (χ2n) is 4.65. The first-order valence-electron chi connectivity index (χ1n) is 6.44. The molecule has 20 heavy (non-hydrogen) atoms. The van der Waals surface area contributed by atoms with Gasteiger partial charge in [-0.1, -0.05) is 6.92 Å². The van der Waals surface area contributed by atoms with Crippen LogP contribution in [0.15, 0.2) is 0 Å². The molecule has 2 N–H and O–H groups in total. The van der Waals surface area contributed by atoms with Crippen molar-refractivity contribution in [3.63, 3.8) is 0 Å². The Morgan fingerprint density at radius 3 is 2.65 bits per heavy atom. The van der Waals surface area contributed by atoms with Gasteiger partial charge in [0.1, 0.15) is 12.6 Å². The molecule has 1 fully saturated rings. The minimum absolute atomic E-state index is 0.180. The summed E-state index contributed by atoms with van der Waals surface area (Å²) < 4.78 is 0. The number of hydrogen-bond acceptors (Lipinski definition) is 4. The van der Waals surface area contributed by atoms with Crippen LogP contribution in [0, 0.1) is 0 Å². The second kappa shape index (κ2) is 6.88. The minimum Gasteiger partial charge on any atom is -0.480 e. The second-order valence-corrected chi connectivity index (χ2v) is 4.65. The maximum absolute atomic E-state index is 12.0. The van der Waals surface area contributed by atoms with Crippen LogP contribution in [0.2, 0.25) is 0 Å². The molecule has 1 heterocycles. The number of piperidine rings is 1. The number of urea groups is 1. The van der Waals surface area contributed by atoms with Crippen molar-refractivity contribution in [2.75, 3.05) is 20.1 Å². The van der Waals surface area contributed by atoms with Gasteiger partial charge in [0.05, 0.1) is 0 Å². The standard InChI is InChI=1S/C12H19N3O5/c1-3-6-15(7-10(17)18)12(20)13-8-4-5-9(16)14(2)11(8)19/h8H,3-7H2,1-2H3,(H,13,20)(H,17,18). The molecule has 1 unspecified atom stereocenters. The molecule has 0 saturated carbocycles. The number of nitrogens with one attached hydrogen (secondary N) is 1. The molecular formula is C12H19N3O5. The van der Waals surface area contributed by atoms with Crippen LogP contribution in [-0.4, -0.2) is 64.9 Å². The molecule has 0 spiro atoms. The van der Waals surface area contributed by atoms with E-state index in [1.807, 2.05) is 6.92 Å². The summed E-state index contributed by atoms with van der Waals surface area (Å²) in [7, 11) is 1.37. The van der Waals surface area contributed by atoms with E-state index in [4.69, 9.17) is 5.11 Å². The van der Waals surface area contributed by atoms with Crippen molar-refractivity contribution in [3.05, 3.63) is 0 Å². The largest absolute Gasteiger partial charge is 0.480 e. The molecule has 1 aliphatic rings. The number of carboxylic acid groups (broad SMARTS) is 1. The molecular weight excluding hydrogens is 266 g/mol. The van der Waals surface area contributed by atoms with E-state index in [9.17, 15) is 19.2 Å². The molecule has 0 aromatic heterocycles. The molecule has 1 rings (SSSR count). The number of imide groups is 1. The Morgan fingerprint density at radius 2 is 2.10 bits per heavy atom. The lowest BCUT2D eigenvalue weighted by Gasteiger charge is -2.30. The summed E-state index contributed by atoms with van der Waals surface area (Å²) in [5.41, 5.74) is 0. The lowest BCUT2D eigenvalue weighted by atomic mass is 10.1. The van der Waals surface area contributed by atoms with Crippen molar-refractivity contribution in [1.82, 2.24) is 15.1 Å². The van der Waals surface area contributed by atoms with Crippen LogP contribution < -0.4 is 5.32 Å². The highest BCUT2D eigenvalue weighted by molar-refractivity contribution is 6.01. The van der Waals surface area contributed by atoms with Gasteiger partial charge in [-0.2, -0.15) is 0 Å². The maximum atomic E-state index is 12.0. The average Bonchev–Trinajstić information content (AvgIpc) is 2.38. The van der Waals surface area contributed by atoms with Crippen LogP contribution >= 0.6 is 0 Å². The van der Waals surface area contributed by atoms with Gasteiger partial charge in [-0.25, -0.2) is 4.79 Å². The van der Waals surface area contributed by atoms with Gasteiger partial charge < -0.3 is 15.3 Å². The molecule has 0 aromatic rings. The number of rotatable bonds is 5. The van der Waals surface area contributed by atoms with Gasteiger partial charge in [-0.15, -0.1) is 0 Å². The molecule has 0 radical (unpaired) electrons. The van der Waals surface area contributed by atoms with E-state index < -0.39 is 30.5 Å². The predicted molar refractivity (Wildman–Crippen MR) is 68.8 cm³/mol. The zero-order valence-electron chi connectivity index (χ0n) is 11.6. The molecule has 4 amide bonds. The molecule has 8 heteroatoms. The van der Waals surface area contributed by atoms with Gasteiger partial charge in [0.15, 0.2) is 0 Å². The number of carbonyl (C=O) groups is 4. The lowest BCUT2D eigenvalue weighted by molar-refractivity contribution is -0.147. The Morgan fingerprint density at radius 1 is 1.45 bits per heavy atom. The number of likely N-dealkylation sites (N-methyl/N-ethyl adjacent to an activating group) is 1. The fraction of sp³-hybridized carbons (Fsp3) is 0.667. The van der Waals surface area contributed by atoms with Gasteiger partial charge in [-0.05, 0) is 12.8 Å². The first-order chi connectivity index (χ1) is 9.36. The fourth-order valence-electron chi connectivity index (χ4n) is 1.98. The van der Waals surface area contributed by atoms with Gasteiger partial charge in [-0.3, -0.25) is 19.3 Å². The molecule has 0 aromatic carbocycles. The van der Waals surface area contributed by atoms with E-state index in [2.05, 4.69) is 5.32 Å². The van der Waals surface area contributed by atoms with Crippen molar-refractivity contribution in [3.8, 4) is 0 Å². The molecule has 0 aliphatic carbocycles. The first kappa shape index (κ1) is 15.9. The highest BCUT2D eigenvalue weighted by Crippen LogP contribution is 2.11. The van der Waals surface area contributed by atoms with Crippen LogP contribution in [0.25, 0.3) is 0 Å². The zero-order chi connectivity index (χ0) is 15.3. The monoisotopic (exact) mass is 285 g/mol. The van der Waals surface area contributed by atoms with Crippen LogP contribution in [0.4, 0.5) is 4.79 Å². The Kier molecular flexibility index (Phi) is 5.48. The molecule has 1 saturated heterocycles. The number of carbonyl (C=O) groups excluding carboxylic acids is 3. The van der Waals surface area contributed by atoms with E-state index in [-0.39, 0.29) is 25.3 Å². The van der Waals surface area contributed by atoms with Crippen molar-refractivity contribution >= 4 is 23.8 Å². The smallest absolute Gasteiger partial charge is 0.323 e. The summed E-state index contributed by atoms with van der Waals surface area (Å²) in [6.45, 7) is 1.68. The normalized spacial score (nSPS) is 18.9. The maximum Gasteiger partial charge on any atom is 0.323 e. The molecule has 1 atom stereocenters. The SMILES string of the molecule is CCCN(CC(=O)O)C(=O)NC1CCC(=O)N(C)C1=O. The highest BCUT2D eigenvalue weighted by Gasteiger charge is 2.33. The third-order valence-electron chi connectivity index (χ3n) is 3.05. The van der Waals surface area contributed by atoms with Crippen LogP contribution in [-0.2, 0) is 14.4 Å². The van der Waals surface area contributed by atoms with E-state index >= 15 is 0 Å². The fourth-order valence-corrected chi connectivity index (χ4v) is 1.98. The molecule has 0 bridgehead atoms. The van der Waals surface area contributed by atoms with Gasteiger partial charge in [0.25, 0.3) is 5.91 Å². The van der Waals surface area contributed by atoms with E-state index in [1.54, 1.807) is 0 Å². The Bertz CT molecular complexity index is 423. The van der Waals surface area contributed by atoms with E-state index in [0.717, 1.165) is 9.80 Å². The number of aliphatic carboxylic acids is 1. The number of carboxylic acids is 1. The Labute approximate surface area is 116 Å². The van der Waals surface area contributed by atoms with Gasteiger partial charge >= 0.3 is 12.0 Å². The molecule has 112 valence electrons. The van der Waals surface area contributed by atoms with Crippen molar-refractivity contribution in [2.45, 2.75) is 32.2 Å². The quantitative estimate of drug-likeness (QED) is 0.671.